The molecule has 0 aromatic heterocycles. The van der Waals surface area contributed by atoms with Crippen molar-refractivity contribution in [3.63, 3.8) is 0 Å². The zero-order chi connectivity index (χ0) is 20.5. The maximum atomic E-state index is 13.3. The van der Waals surface area contributed by atoms with Gasteiger partial charge in [-0.15, -0.1) is 0 Å². The molecule has 0 saturated heterocycles. The van der Waals surface area contributed by atoms with Crippen molar-refractivity contribution in [2.24, 2.45) is 0 Å². The maximum absolute atomic E-state index is 13.3. The number of Topliss-reactive ketones (excluding diaryl/α,β-unsaturated/α-hetero) is 1. The van der Waals surface area contributed by atoms with E-state index < -0.39 is 17.5 Å². The standard InChI is InChI=1S/C21H20O7/c1-12-18(28-14(3)23)10-9-17-19(12)26-11-21(25-4,20(17)24)15-5-7-16(8-6-15)27-13(2)22/h5-10H,11H2,1-4H3. The van der Waals surface area contributed by atoms with E-state index in [9.17, 15) is 14.4 Å². The molecule has 2 aromatic rings. The Morgan fingerprint density at radius 3 is 2.21 bits per heavy atom. The molecule has 146 valence electrons. The Morgan fingerprint density at radius 2 is 1.64 bits per heavy atom. The van der Waals surface area contributed by atoms with Gasteiger partial charge in [0, 0.05) is 26.5 Å². The molecular weight excluding hydrogens is 364 g/mol. The number of hydrogen-bond donors (Lipinski definition) is 0. The molecule has 3 rings (SSSR count). The fourth-order valence-electron chi connectivity index (χ4n) is 3.20. The zero-order valence-corrected chi connectivity index (χ0v) is 16.0. The van der Waals surface area contributed by atoms with Crippen LogP contribution >= 0.6 is 0 Å². The van der Waals surface area contributed by atoms with Gasteiger partial charge < -0.3 is 18.9 Å². The summed E-state index contributed by atoms with van der Waals surface area (Å²) in [6.07, 6.45) is 0. The lowest BCUT2D eigenvalue weighted by molar-refractivity contribution is -0.132. The third kappa shape index (κ3) is 3.36. The first-order valence-electron chi connectivity index (χ1n) is 8.62. The maximum Gasteiger partial charge on any atom is 0.308 e. The zero-order valence-electron chi connectivity index (χ0n) is 16.0. The Morgan fingerprint density at radius 1 is 1.00 bits per heavy atom. The Bertz CT molecular complexity index is 946. The largest absolute Gasteiger partial charge is 0.489 e. The number of carbonyl (C=O) groups is 3. The number of methoxy groups -OCH3 is 1. The van der Waals surface area contributed by atoms with E-state index in [1.165, 1.54) is 21.0 Å². The van der Waals surface area contributed by atoms with Gasteiger partial charge in [0.05, 0.1) is 5.56 Å². The quantitative estimate of drug-likeness (QED) is 0.591. The molecule has 1 heterocycles. The number of esters is 2. The Kier molecular flexibility index (Phi) is 5.20. The van der Waals surface area contributed by atoms with Crippen molar-refractivity contribution >= 4 is 17.7 Å². The van der Waals surface area contributed by atoms with Crippen molar-refractivity contribution in [1.29, 1.82) is 0 Å². The lowest BCUT2D eigenvalue weighted by Gasteiger charge is -2.36. The van der Waals surface area contributed by atoms with E-state index in [4.69, 9.17) is 18.9 Å². The van der Waals surface area contributed by atoms with Gasteiger partial charge >= 0.3 is 11.9 Å². The second kappa shape index (κ2) is 7.44. The van der Waals surface area contributed by atoms with E-state index in [1.54, 1.807) is 43.3 Å². The van der Waals surface area contributed by atoms with Crippen LogP contribution in [0.15, 0.2) is 36.4 Å². The molecule has 2 aromatic carbocycles. The third-order valence-electron chi connectivity index (χ3n) is 4.57. The summed E-state index contributed by atoms with van der Waals surface area (Å²) in [6.45, 7) is 4.29. The van der Waals surface area contributed by atoms with Crippen molar-refractivity contribution in [2.45, 2.75) is 26.4 Å². The fourth-order valence-corrected chi connectivity index (χ4v) is 3.20. The first-order chi connectivity index (χ1) is 13.3. The van der Waals surface area contributed by atoms with Gasteiger partial charge in [0.1, 0.15) is 23.9 Å². The number of carbonyl (C=O) groups excluding carboxylic acids is 3. The number of hydrogen-bond acceptors (Lipinski definition) is 7. The SMILES string of the molecule is COC1(c2ccc(OC(C)=O)cc2)COc2c(ccc(OC(C)=O)c2C)C1=O. The Labute approximate surface area is 162 Å². The van der Waals surface area contributed by atoms with Crippen LogP contribution in [0.5, 0.6) is 17.2 Å². The van der Waals surface area contributed by atoms with Crippen LogP contribution in [0.3, 0.4) is 0 Å². The summed E-state index contributed by atoms with van der Waals surface area (Å²) in [7, 11) is 1.44. The smallest absolute Gasteiger partial charge is 0.308 e. The van der Waals surface area contributed by atoms with Gasteiger partial charge in [-0.05, 0) is 36.8 Å². The van der Waals surface area contributed by atoms with Gasteiger partial charge in [0.2, 0.25) is 5.78 Å². The summed E-state index contributed by atoms with van der Waals surface area (Å²) in [4.78, 5) is 35.6. The monoisotopic (exact) mass is 384 g/mol. The summed E-state index contributed by atoms with van der Waals surface area (Å²) >= 11 is 0. The molecule has 28 heavy (non-hydrogen) atoms. The minimum Gasteiger partial charge on any atom is -0.489 e. The first kappa shape index (κ1) is 19.6. The highest BCUT2D eigenvalue weighted by Crippen LogP contribution is 2.42. The molecular formula is C21H20O7. The summed E-state index contributed by atoms with van der Waals surface area (Å²) < 4.78 is 21.7. The molecule has 0 N–H and O–H groups in total. The molecule has 1 atom stereocenters. The van der Waals surface area contributed by atoms with Gasteiger partial charge in [-0.2, -0.15) is 0 Å². The summed E-state index contributed by atoms with van der Waals surface area (Å²) in [6, 6.07) is 9.63. The summed E-state index contributed by atoms with van der Waals surface area (Å²) in [5.41, 5.74) is 0.140. The Balaban J connectivity index is 1.99. The molecule has 1 aliphatic heterocycles. The highest BCUT2D eigenvalue weighted by Gasteiger charge is 2.47. The number of rotatable bonds is 4. The van der Waals surface area contributed by atoms with Gasteiger partial charge in [-0.1, -0.05) is 12.1 Å². The minimum absolute atomic E-state index is 0.0490. The second-order valence-electron chi connectivity index (χ2n) is 6.43. The van der Waals surface area contributed by atoms with E-state index in [0.29, 0.717) is 33.9 Å². The first-order valence-corrected chi connectivity index (χ1v) is 8.62. The predicted molar refractivity (Wildman–Crippen MR) is 98.8 cm³/mol. The average Bonchev–Trinajstić information content (AvgIpc) is 2.65. The van der Waals surface area contributed by atoms with E-state index >= 15 is 0 Å². The molecule has 7 heteroatoms. The van der Waals surface area contributed by atoms with Crippen LogP contribution in [0.1, 0.15) is 35.3 Å². The van der Waals surface area contributed by atoms with Crippen molar-refractivity contribution in [1.82, 2.24) is 0 Å². The molecule has 0 fully saturated rings. The van der Waals surface area contributed by atoms with Crippen molar-refractivity contribution in [3.8, 4) is 17.2 Å². The van der Waals surface area contributed by atoms with Crippen LogP contribution in [0.25, 0.3) is 0 Å². The second-order valence-corrected chi connectivity index (χ2v) is 6.43. The lowest BCUT2D eigenvalue weighted by Crippen LogP contribution is -2.46. The summed E-state index contributed by atoms with van der Waals surface area (Å²) in [5.74, 6) is -0.0749. The lowest BCUT2D eigenvalue weighted by atomic mass is 9.83. The number of ketones is 1. The van der Waals surface area contributed by atoms with Gasteiger partial charge in [0.25, 0.3) is 0 Å². The van der Waals surface area contributed by atoms with Crippen LogP contribution in [0.2, 0.25) is 0 Å². The average molecular weight is 384 g/mol. The number of benzene rings is 2. The van der Waals surface area contributed by atoms with Crippen LogP contribution < -0.4 is 14.2 Å². The third-order valence-corrected chi connectivity index (χ3v) is 4.57. The van der Waals surface area contributed by atoms with E-state index in [-0.39, 0.29) is 12.4 Å². The normalized spacial score (nSPS) is 18.1. The number of ether oxygens (including phenoxy) is 4. The minimum atomic E-state index is -1.34. The van der Waals surface area contributed by atoms with Gasteiger partial charge in [-0.3, -0.25) is 14.4 Å². The highest BCUT2D eigenvalue weighted by atomic mass is 16.6. The molecule has 0 bridgehead atoms. The fraction of sp³-hybridized carbons (Fsp3) is 0.286. The predicted octanol–water partition coefficient (Wildman–Crippen LogP) is 2.96. The van der Waals surface area contributed by atoms with Crippen molar-refractivity contribution in [2.75, 3.05) is 13.7 Å². The van der Waals surface area contributed by atoms with Gasteiger partial charge in [0.15, 0.2) is 5.60 Å². The topological polar surface area (TPSA) is 88.1 Å². The van der Waals surface area contributed by atoms with E-state index in [0.717, 1.165) is 0 Å². The highest BCUT2D eigenvalue weighted by molar-refractivity contribution is 6.06. The van der Waals surface area contributed by atoms with Crippen molar-refractivity contribution in [3.05, 3.63) is 53.1 Å². The van der Waals surface area contributed by atoms with Crippen LogP contribution in [-0.4, -0.2) is 31.4 Å². The van der Waals surface area contributed by atoms with Crippen LogP contribution in [-0.2, 0) is 19.9 Å². The molecule has 1 unspecified atom stereocenters. The molecule has 0 radical (unpaired) electrons. The molecule has 1 aliphatic rings. The van der Waals surface area contributed by atoms with Gasteiger partial charge in [-0.25, -0.2) is 0 Å². The van der Waals surface area contributed by atoms with Crippen LogP contribution in [0.4, 0.5) is 0 Å². The Hall–Kier alpha value is -3.19. The van der Waals surface area contributed by atoms with Crippen molar-refractivity contribution < 1.29 is 33.3 Å². The molecule has 7 nitrogen and oxygen atoms in total. The summed E-state index contributed by atoms with van der Waals surface area (Å²) in [5, 5.41) is 0. The van der Waals surface area contributed by atoms with Crippen LogP contribution in [0, 0.1) is 6.92 Å². The molecule has 0 spiro atoms. The number of fused-ring (bicyclic) bond motifs is 1. The molecule has 0 amide bonds. The van der Waals surface area contributed by atoms with E-state index in [1.807, 2.05) is 0 Å². The molecule has 0 saturated carbocycles. The van der Waals surface area contributed by atoms with E-state index in [2.05, 4.69) is 0 Å². The molecule has 0 aliphatic carbocycles.